The molecule has 1 amide bonds. The Morgan fingerprint density at radius 1 is 1.17 bits per heavy atom. The maximum absolute atomic E-state index is 12.9. The summed E-state index contributed by atoms with van der Waals surface area (Å²) in [7, 11) is -3.78. The number of sulfonamides is 1. The summed E-state index contributed by atoms with van der Waals surface area (Å²) < 4.78 is 24.5. The first-order chi connectivity index (χ1) is 13.8. The van der Waals surface area contributed by atoms with Gasteiger partial charge in [-0.2, -0.15) is 0 Å². The van der Waals surface area contributed by atoms with Crippen LogP contribution in [0.4, 0.5) is 0 Å². The number of carbonyl (C=O) groups is 1. The van der Waals surface area contributed by atoms with Crippen LogP contribution >= 0.6 is 0 Å². The van der Waals surface area contributed by atoms with E-state index in [9.17, 15) is 13.2 Å². The molecule has 10 heteroatoms. The van der Waals surface area contributed by atoms with Crippen LogP contribution in [0.1, 0.15) is 25.6 Å². The number of pyridine rings is 1. The SMILES string of the molecule is CC(C)[C@@H](C(=O)NCc1ccccn1)n1nncc1-c1ccc(S(N)(=O)=O)cc1. The first kappa shape index (κ1) is 20.6. The van der Waals surface area contributed by atoms with Gasteiger partial charge in [0, 0.05) is 11.8 Å². The molecule has 0 spiro atoms. The van der Waals surface area contributed by atoms with Crippen LogP contribution in [0, 0.1) is 5.92 Å². The van der Waals surface area contributed by atoms with E-state index in [1.165, 1.54) is 18.3 Å². The van der Waals surface area contributed by atoms with Crippen molar-refractivity contribution in [1.29, 1.82) is 0 Å². The third-order valence-electron chi connectivity index (χ3n) is 4.39. The van der Waals surface area contributed by atoms with Crippen molar-refractivity contribution in [3.05, 3.63) is 60.6 Å². The molecule has 0 fully saturated rings. The summed E-state index contributed by atoms with van der Waals surface area (Å²) in [4.78, 5) is 17.1. The maximum Gasteiger partial charge on any atom is 0.245 e. The smallest absolute Gasteiger partial charge is 0.245 e. The van der Waals surface area contributed by atoms with Crippen molar-refractivity contribution in [2.24, 2.45) is 11.1 Å². The number of aromatic nitrogens is 4. The van der Waals surface area contributed by atoms with E-state index in [1.54, 1.807) is 23.0 Å². The second-order valence-corrected chi connectivity index (χ2v) is 8.42. The molecule has 0 saturated heterocycles. The van der Waals surface area contributed by atoms with Gasteiger partial charge in [-0.15, -0.1) is 5.10 Å². The van der Waals surface area contributed by atoms with Crippen molar-refractivity contribution in [2.45, 2.75) is 31.3 Å². The normalized spacial score (nSPS) is 12.7. The summed E-state index contributed by atoms with van der Waals surface area (Å²) in [6, 6.07) is 10.9. The number of primary sulfonamides is 1. The van der Waals surface area contributed by atoms with Crippen molar-refractivity contribution in [1.82, 2.24) is 25.3 Å². The zero-order valence-electron chi connectivity index (χ0n) is 16.1. The Kier molecular flexibility index (Phi) is 6.04. The van der Waals surface area contributed by atoms with Crippen LogP contribution in [0.25, 0.3) is 11.3 Å². The number of amides is 1. The minimum absolute atomic E-state index is 0.00814. The van der Waals surface area contributed by atoms with E-state index in [0.29, 0.717) is 17.8 Å². The van der Waals surface area contributed by atoms with Crippen LogP contribution in [0.5, 0.6) is 0 Å². The predicted octanol–water partition coefficient (Wildman–Crippen LogP) is 1.50. The number of rotatable bonds is 7. The molecule has 1 atom stereocenters. The number of nitrogens with one attached hydrogen (secondary N) is 1. The average Bonchev–Trinajstić information content (AvgIpc) is 3.15. The van der Waals surface area contributed by atoms with Gasteiger partial charge in [-0.1, -0.05) is 37.3 Å². The van der Waals surface area contributed by atoms with E-state index < -0.39 is 16.1 Å². The van der Waals surface area contributed by atoms with Crippen LogP contribution in [0.3, 0.4) is 0 Å². The maximum atomic E-state index is 12.9. The van der Waals surface area contributed by atoms with E-state index >= 15 is 0 Å². The van der Waals surface area contributed by atoms with Gasteiger partial charge in [0.1, 0.15) is 6.04 Å². The fraction of sp³-hybridized carbons (Fsp3) is 0.263. The van der Waals surface area contributed by atoms with E-state index in [4.69, 9.17) is 5.14 Å². The molecule has 0 aliphatic carbocycles. The summed E-state index contributed by atoms with van der Waals surface area (Å²) in [6.45, 7) is 4.14. The largest absolute Gasteiger partial charge is 0.349 e. The molecular formula is C19H22N6O3S. The average molecular weight is 414 g/mol. The van der Waals surface area contributed by atoms with Crippen LogP contribution in [-0.4, -0.2) is 34.3 Å². The number of carbonyl (C=O) groups excluding carboxylic acids is 1. The Hall–Kier alpha value is -3.11. The molecule has 2 aromatic heterocycles. The highest BCUT2D eigenvalue weighted by Crippen LogP contribution is 2.26. The van der Waals surface area contributed by atoms with Crippen molar-refractivity contribution >= 4 is 15.9 Å². The molecule has 0 aliphatic rings. The number of hydrogen-bond donors (Lipinski definition) is 2. The highest BCUT2D eigenvalue weighted by molar-refractivity contribution is 7.89. The molecule has 3 N–H and O–H groups in total. The molecule has 0 unspecified atom stereocenters. The zero-order chi connectivity index (χ0) is 21.0. The minimum Gasteiger partial charge on any atom is -0.349 e. The summed E-state index contributed by atoms with van der Waals surface area (Å²) in [5.41, 5.74) is 2.02. The van der Waals surface area contributed by atoms with Gasteiger partial charge < -0.3 is 5.32 Å². The van der Waals surface area contributed by atoms with Crippen molar-refractivity contribution in [3.8, 4) is 11.3 Å². The fourth-order valence-corrected chi connectivity index (χ4v) is 3.47. The van der Waals surface area contributed by atoms with Gasteiger partial charge in [0.25, 0.3) is 0 Å². The van der Waals surface area contributed by atoms with Crippen LogP contribution in [-0.2, 0) is 21.4 Å². The molecule has 1 aromatic carbocycles. The van der Waals surface area contributed by atoms with Crippen molar-refractivity contribution in [3.63, 3.8) is 0 Å². The van der Waals surface area contributed by atoms with Crippen molar-refractivity contribution in [2.75, 3.05) is 0 Å². The lowest BCUT2D eigenvalue weighted by Gasteiger charge is -2.22. The monoisotopic (exact) mass is 414 g/mol. The van der Waals surface area contributed by atoms with E-state index in [2.05, 4.69) is 20.6 Å². The first-order valence-electron chi connectivity index (χ1n) is 8.98. The predicted molar refractivity (Wildman–Crippen MR) is 107 cm³/mol. The summed E-state index contributed by atoms with van der Waals surface area (Å²) in [5, 5.41) is 16.1. The van der Waals surface area contributed by atoms with Gasteiger partial charge in [-0.25, -0.2) is 18.2 Å². The fourth-order valence-electron chi connectivity index (χ4n) is 2.95. The Labute approximate surface area is 169 Å². The summed E-state index contributed by atoms with van der Waals surface area (Å²) in [5.74, 6) is -0.276. The lowest BCUT2D eigenvalue weighted by atomic mass is 10.0. The zero-order valence-corrected chi connectivity index (χ0v) is 16.9. The van der Waals surface area contributed by atoms with Crippen LogP contribution in [0.15, 0.2) is 59.8 Å². The molecule has 0 saturated carbocycles. The Morgan fingerprint density at radius 3 is 2.48 bits per heavy atom. The topological polar surface area (TPSA) is 133 Å². The lowest BCUT2D eigenvalue weighted by Crippen LogP contribution is -2.36. The van der Waals surface area contributed by atoms with Gasteiger partial charge in [0.15, 0.2) is 0 Å². The highest BCUT2D eigenvalue weighted by atomic mass is 32.2. The third kappa shape index (κ3) is 4.84. The third-order valence-corrected chi connectivity index (χ3v) is 5.32. The second-order valence-electron chi connectivity index (χ2n) is 6.86. The lowest BCUT2D eigenvalue weighted by molar-refractivity contribution is -0.126. The van der Waals surface area contributed by atoms with Crippen molar-refractivity contribution < 1.29 is 13.2 Å². The van der Waals surface area contributed by atoms with E-state index in [1.807, 2.05) is 32.0 Å². The quantitative estimate of drug-likeness (QED) is 0.602. The Bertz CT molecular complexity index is 1080. The second kappa shape index (κ2) is 8.50. The number of hydrogen-bond acceptors (Lipinski definition) is 6. The standard InChI is InChI=1S/C19H22N6O3S/c1-13(2)18(19(26)22-11-15-5-3-4-10-21-15)25-17(12-23-24-25)14-6-8-16(9-7-14)29(20,27)28/h3-10,12-13,18H,11H2,1-2H3,(H,22,26)(H2,20,27,28)/t18-/m0/s1. The van der Waals surface area contributed by atoms with E-state index in [0.717, 1.165) is 5.69 Å². The number of nitrogens with two attached hydrogens (primary N) is 1. The van der Waals surface area contributed by atoms with Gasteiger partial charge >= 0.3 is 0 Å². The Morgan fingerprint density at radius 2 is 1.90 bits per heavy atom. The molecule has 3 aromatic rings. The molecule has 0 aliphatic heterocycles. The molecule has 9 nitrogen and oxygen atoms in total. The van der Waals surface area contributed by atoms with Crippen LogP contribution in [0.2, 0.25) is 0 Å². The molecule has 0 bridgehead atoms. The van der Waals surface area contributed by atoms with Gasteiger partial charge in [0.05, 0.1) is 29.0 Å². The molecular weight excluding hydrogens is 392 g/mol. The van der Waals surface area contributed by atoms with E-state index in [-0.39, 0.29) is 16.7 Å². The Balaban J connectivity index is 1.86. The molecule has 0 radical (unpaired) electrons. The number of nitrogens with zero attached hydrogens (tertiary/aromatic N) is 4. The number of benzene rings is 1. The first-order valence-corrected chi connectivity index (χ1v) is 10.5. The molecule has 29 heavy (non-hydrogen) atoms. The van der Waals surface area contributed by atoms with Gasteiger partial charge in [0.2, 0.25) is 15.9 Å². The van der Waals surface area contributed by atoms with Gasteiger partial charge in [-0.3, -0.25) is 9.78 Å². The highest BCUT2D eigenvalue weighted by Gasteiger charge is 2.27. The van der Waals surface area contributed by atoms with Crippen LogP contribution < -0.4 is 10.5 Å². The van der Waals surface area contributed by atoms with Gasteiger partial charge in [-0.05, 0) is 30.2 Å². The molecule has 152 valence electrons. The summed E-state index contributed by atoms with van der Waals surface area (Å²) in [6.07, 6.45) is 3.20. The molecule has 3 rings (SSSR count). The summed E-state index contributed by atoms with van der Waals surface area (Å²) >= 11 is 0. The molecule has 2 heterocycles. The minimum atomic E-state index is -3.78.